The molecule has 3 heteroatoms. The van der Waals surface area contributed by atoms with E-state index in [1.165, 1.54) is 6.07 Å². The molecular formula is C18H21ClFN. The second kappa shape index (κ2) is 7.58. The van der Waals surface area contributed by atoms with Gasteiger partial charge < -0.3 is 5.32 Å². The lowest BCUT2D eigenvalue weighted by atomic mass is 9.97. The molecule has 0 radical (unpaired) electrons. The lowest BCUT2D eigenvalue weighted by molar-refractivity contribution is 0.527. The fraction of sp³-hybridized carbons (Fsp3) is 0.333. The molecule has 1 nitrogen and oxygen atoms in total. The van der Waals surface area contributed by atoms with Crippen LogP contribution in [-0.4, -0.2) is 6.54 Å². The molecule has 21 heavy (non-hydrogen) atoms. The number of nitrogens with one attached hydrogen (secondary N) is 1. The zero-order valence-corrected chi connectivity index (χ0v) is 13.3. The first-order chi connectivity index (χ1) is 10.1. The fourth-order valence-corrected chi connectivity index (χ4v) is 2.79. The molecule has 0 aliphatic heterocycles. The van der Waals surface area contributed by atoms with Gasteiger partial charge in [0.15, 0.2) is 0 Å². The number of hydrogen-bond acceptors (Lipinski definition) is 1. The van der Waals surface area contributed by atoms with E-state index in [-0.39, 0.29) is 11.9 Å². The van der Waals surface area contributed by atoms with E-state index in [9.17, 15) is 4.39 Å². The molecule has 2 aromatic carbocycles. The summed E-state index contributed by atoms with van der Waals surface area (Å²) in [4.78, 5) is 0. The van der Waals surface area contributed by atoms with Gasteiger partial charge in [0, 0.05) is 11.1 Å². The number of aryl methyl sites for hydroxylation is 1. The third-order valence-electron chi connectivity index (χ3n) is 3.50. The summed E-state index contributed by atoms with van der Waals surface area (Å²) < 4.78 is 13.4. The van der Waals surface area contributed by atoms with Crippen molar-refractivity contribution in [3.63, 3.8) is 0 Å². The molecule has 112 valence electrons. The van der Waals surface area contributed by atoms with E-state index in [1.807, 2.05) is 19.1 Å². The fourth-order valence-electron chi connectivity index (χ4n) is 2.43. The maximum absolute atomic E-state index is 13.4. The van der Waals surface area contributed by atoms with Crippen LogP contribution in [0.1, 0.15) is 36.1 Å². The number of halogens is 2. The quantitative estimate of drug-likeness (QED) is 0.785. The molecule has 0 spiro atoms. The van der Waals surface area contributed by atoms with Crippen molar-refractivity contribution in [2.75, 3.05) is 6.54 Å². The van der Waals surface area contributed by atoms with Crippen molar-refractivity contribution in [3.05, 3.63) is 70.0 Å². The van der Waals surface area contributed by atoms with Gasteiger partial charge in [-0.3, -0.25) is 0 Å². The molecule has 0 fully saturated rings. The first-order valence-electron chi connectivity index (χ1n) is 7.34. The first kappa shape index (κ1) is 16.0. The van der Waals surface area contributed by atoms with Gasteiger partial charge in [0.2, 0.25) is 0 Å². The highest BCUT2D eigenvalue weighted by Gasteiger charge is 2.15. The molecule has 1 unspecified atom stereocenters. The summed E-state index contributed by atoms with van der Waals surface area (Å²) in [7, 11) is 0. The van der Waals surface area contributed by atoms with Gasteiger partial charge in [0.05, 0.1) is 0 Å². The summed E-state index contributed by atoms with van der Waals surface area (Å²) >= 11 is 6.39. The maximum atomic E-state index is 13.4. The molecule has 0 saturated carbocycles. The second-order valence-corrected chi connectivity index (χ2v) is 5.77. The van der Waals surface area contributed by atoms with Crippen LogP contribution in [0, 0.1) is 12.7 Å². The van der Waals surface area contributed by atoms with Crippen molar-refractivity contribution in [1.29, 1.82) is 0 Å². The number of rotatable bonds is 6. The molecule has 0 aromatic heterocycles. The Kier molecular flexibility index (Phi) is 5.77. The van der Waals surface area contributed by atoms with Crippen LogP contribution >= 0.6 is 11.6 Å². The zero-order chi connectivity index (χ0) is 15.2. The van der Waals surface area contributed by atoms with E-state index in [1.54, 1.807) is 12.1 Å². The summed E-state index contributed by atoms with van der Waals surface area (Å²) in [6.07, 6.45) is 1.77. The highest BCUT2D eigenvalue weighted by Crippen LogP contribution is 2.27. The molecule has 0 heterocycles. The Balaban J connectivity index is 2.25. The van der Waals surface area contributed by atoms with Crippen molar-refractivity contribution in [3.8, 4) is 0 Å². The van der Waals surface area contributed by atoms with Crippen molar-refractivity contribution in [2.24, 2.45) is 0 Å². The third-order valence-corrected chi connectivity index (χ3v) is 3.83. The van der Waals surface area contributed by atoms with Gasteiger partial charge in [-0.15, -0.1) is 0 Å². The van der Waals surface area contributed by atoms with Crippen molar-refractivity contribution < 1.29 is 4.39 Å². The number of benzene rings is 2. The predicted molar refractivity (Wildman–Crippen MR) is 87.3 cm³/mol. The van der Waals surface area contributed by atoms with Gasteiger partial charge >= 0.3 is 0 Å². The summed E-state index contributed by atoms with van der Waals surface area (Å²) in [6, 6.07) is 12.9. The Morgan fingerprint density at radius 1 is 1.19 bits per heavy atom. The summed E-state index contributed by atoms with van der Waals surface area (Å²) in [5.74, 6) is -0.197. The third kappa shape index (κ3) is 4.55. The smallest absolute Gasteiger partial charge is 0.123 e. The minimum atomic E-state index is -0.197. The highest BCUT2D eigenvalue weighted by atomic mass is 35.5. The Morgan fingerprint density at radius 3 is 2.67 bits per heavy atom. The van der Waals surface area contributed by atoms with E-state index in [0.29, 0.717) is 0 Å². The zero-order valence-electron chi connectivity index (χ0n) is 12.5. The molecule has 1 atom stereocenters. The molecular weight excluding hydrogens is 285 g/mol. The van der Waals surface area contributed by atoms with Crippen LogP contribution in [-0.2, 0) is 6.42 Å². The average molecular weight is 306 g/mol. The molecule has 0 saturated heterocycles. The van der Waals surface area contributed by atoms with E-state index in [2.05, 4.69) is 24.4 Å². The monoisotopic (exact) mass is 305 g/mol. The van der Waals surface area contributed by atoms with E-state index >= 15 is 0 Å². The predicted octanol–water partition coefficient (Wildman–Crippen LogP) is 5.07. The maximum Gasteiger partial charge on any atom is 0.123 e. The summed E-state index contributed by atoms with van der Waals surface area (Å²) in [5.41, 5.74) is 3.18. The molecule has 0 aliphatic carbocycles. The van der Waals surface area contributed by atoms with E-state index < -0.39 is 0 Å². The van der Waals surface area contributed by atoms with Crippen LogP contribution in [0.3, 0.4) is 0 Å². The normalized spacial score (nSPS) is 12.4. The molecule has 1 N–H and O–H groups in total. The lowest BCUT2D eigenvalue weighted by Gasteiger charge is -2.21. The van der Waals surface area contributed by atoms with Gasteiger partial charge in [-0.2, -0.15) is 0 Å². The first-order valence-corrected chi connectivity index (χ1v) is 7.72. The van der Waals surface area contributed by atoms with Gasteiger partial charge in [-0.1, -0.05) is 42.8 Å². The van der Waals surface area contributed by atoms with Crippen molar-refractivity contribution in [2.45, 2.75) is 32.7 Å². The minimum absolute atomic E-state index is 0.0971. The van der Waals surface area contributed by atoms with Gasteiger partial charge in [0.1, 0.15) is 5.82 Å². The van der Waals surface area contributed by atoms with Gasteiger partial charge in [-0.05, 0) is 61.2 Å². The topological polar surface area (TPSA) is 12.0 Å². The van der Waals surface area contributed by atoms with E-state index in [0.717, 1.165) is 41.1 Å². The van der Waals surface area contributed by atoms with Crippen LogP contribution in [0.4, 0.5) is 4.39 Å². The summed E-state index contributed by atoms with van der Waals surface area (Å²) in [6.45, 7) is 5.06. The van der Waals surface area contributed by atoms with Gasteiger partial charge in [-0.25, -0.2) is 4.39 Å². The minimum Gasteiger partial charge on any atom is -0.310 e. The van der Waals surface area contributed by atoms with Crippen molar-refractivity contribution >= 4 is 11.6 Å². The molecule has 0 bridgehead atoms. The molecule has 0 aliphatic rings. The van der Waals surface area contributed by atoms with Crippen LogP contribution < -0.4 is 5.32 Å². The van der Waals surface area contributed by atoms with Crippen LogP contribution in [0.15, 0.2) is 42.5 Å². The highest BCUT2D eigenvalue weighted by molar-refractivity contribution is 6.31. The van der Waals surface area contributed by atoms with Gasteiger partial charge in [0.25, 0.3) is 0 Å². The molecule has 2 rings (SSSR count). The average Bonchev–Trinajstić information content (AvgIpc) is 2.44. The number of hydrogen-bond donors (Lipinski definition) is 1. The van der Waals surface area contributed by atoms with Crippen LogP contribution in [0.25, 0.3) is 0 Å². The van der Waals surface area contributed by atoms with Crippen LogP contribution in [0.2, 0.25) is 5.02 Å². The van der Waals surface area contributed by atoms with E-state index in [4.69, 9.17) is 11.6 Å². The van der Waals surface area contributed by atoms with Crippen LogP contribution in [0.5, 0.6) is 0 Å². The Bertz CT molecular complexity index is 598. The standard InChI is InChI=1S/C18H21ClFN/c1-3-9-21-18(12-14-5-4-6-15(20)11-14)16-8-7-13(2)10-17(16)19/h4-8,10-11,18,21H,3,9,12H2,1-2H3. The summed E-state index contributed by atoms with van der Waals surface area (Å²) in [5, 5.41) is 4.27. The molecule has 0 amide bonds. The molecule has 2 aromatic rings. The Morgan fingerprint density at radius 2 is 2.00 bits per heavy atom. The SMILES string of the molecule is CCCNC(Cc1cccc(F)c1)c1ccc(C)cc1Cl. The Labute approximate surface area is 131 Å². The largest absolute Gasteiger partial charge is 0.310 e. The lowest BCUT2D eigenvalue weighted by Crippen LogP contribution is -2.24. The second-order valence-electron chi connectivity index (χ2n) is 5.37. The van der Waals surface area contributed by atoms with Crippen molar-refractivity contribution in [1.82, 2.24) is 5.32 Å². The Hall–Kier alpha value is -1.38.